The van der Waals surface area contributed by atoms with Crippen molar-refractivity contribution in [3.05, 3.63) is 33.5 Å². The Morgan fingerprint density at radius 3 is 2.75 bits per heavy atom. The summed E-state index contributed by atoms with van der Waals surface area (Å²) < 4.78 is 2.38. The topological polar surface area (TPSA) is 0 Å². The summed E-state index contributed by atoms with van der Waals surface area (Å²) in [6, 6.07) is 6.42. The number of thiophene rings is 1. The molecule has 2 aromatic rings. The third kappa shape index (κ3) is 0.978. The molecule has 0 amide bonds. The molecule has 0 radical (unpaired) electrons. The highest BCUT2D eigenvalue weighted by atomic mass is 32.1. The van der Waals surface area contributed by atoms with Crippen molar-refractivity contribution in [2.75, 3.05) is 0 Å². The van der Waals surface area contributed by atoms with Crippen molar-refractivity contribution < 1.29 is 0 Å². The third-order valence-corrected chi connectivity index (χ3v) is 3.08. The second-order valence-electron chi connectivity index (χ2n) is 3.00. The van der Waals surface area contributed by atoms with E-state index in [4.69, 9.17) is 0 Å². The van der Waals surface area contributed by atoms with Crippen LogP contribution in [-0.2, 0) is 0 Å². The van der Waals surface area contributed by atoms with Gasteiger partial charge in [-0.15, -0.1) is 11.3 Å². The smallest absolute Gasteiger partial charge is 0.0357 e. The molecular formula is C11H10S. The van der Waals surface area contributed by atoms with Gasteiger partial charge < -0.3 is 0 Å². The Morgan fingerprint density at radius 2 is 2.00 bits per heavy atom. The molecule has 1 aromatic carbocycles. The third-order valence-electron chi connectivity index (χ3n) is 2.03. The molecule has 0 aliphatic carbocycles. The Bertz CT molecular complexity index is 520. The highest BCUT2D eigenvalue weighted by Gasteiger charge is 1.97. The molecule has 0 unspecified atom stereocenters. The summed E-state index contributed by atoms with van der Waals surface area (Å²) in [6.45, 7) is 10.0. The van der Waals surface area contributed by atoms with E-state index in [0.717, 1.165) is 9.75 Å². The Balaban J connectivity index is 3.07. The minimum atomic E-state index is 1.08. The summed E-state index contributed by atoms with van der Waals surface area (Å²) >= 11 is 1.72. The molecule has 2 rings (SSSR count). The van der Waals surface area contributed by atoms with E-state index >= 15 is 0 Å². The van der Waals surface area contributed by atoms with E-state index < -0.39 is 0 Å². The van der Waals surface area contributed by atoms with Crippen LogP contribution in [0.4, 0.5) is 0 Å². The van der Waals surface area contributed by atoms with E-state index in [1.807, 2.05) is 0 Å². The first-order valence-electron chi connectivity index (χ1n) is 3.85. The van der Waals surface area contributed by atoms with Crippen LogP contribution in [0.2, 0.25) is 0 Å². The largest absolute Gasteiger partial charge is 0.136 e. The highest BCUT2D eigenvalue weighted by molar-refractivity contribution is 7.17. The van der Waals surface area contributed by atoms with Gasteiger partial charge in [-0.3, -0.25) is 0 Å². The van der Waals surface area contributed by atoms with E-state index in [1.165, 1.54) is 15.6 Å². The summed E-state index contributed by atoms with van der Waals surface area (Å²) in [5.74, 6) is 0. The molecule has 0 fully saturated rings. The second-order valence-corrected chi connectivity index (χ2v) is 4.14. The number of benzene rings is 1. The van der Waals surface area contributed by atoms with Crippen LogP contribution < -0.4 is 9.75 Å². The highest BCUT2D eigenvalue weighted by Crippen LogP contribution is 2.14. The molecule has 60 valence electrons. The lowest BCUT2D eigenvalue weighted by molar-refractivity contribution is 1.51. The molecule has 0 atom stereocenters. The lowest BCUT2D eigenvalue weighted by Crippen LogP contribution is -2.13. The van der Waals surface area contributed by atoms with Gasteiger partial charge in [0.15, 0.2) is 0 Å². The van der Waals surface area contributed by atoms with Crippen LogP contribution in [-0.4, -0.2) is 0 Å². The van der Waals surface area contributed by atoms with Crippen LogP contribution in [0.15, 0.2) is 18.2 Å². The van der Waals surface area contributed by atoms with E-state index in [-0.39, 0.29) is 0 Å². The van der Waals surface area contributed by atoms with E-state index in [0.29, 0.717) is 0 Å². The minimum Gasteiger partial charge on any atom is -0.136 e. The van der Waals surface area contributed by atoms with Gasteiger partial charge in [-0.1, -0.05) is 25.3 Å². The maximum absolute atomic E-state index is 3.99. The van der Waals surface area contributed by atoms with Crippen molar-refractivity contribution in [1.29, 1.82) is 0 Å². The molecule has 1 heteroatoms. The van der Waals surface area contributed by atoms with Crippen LogP contribution in [0, 0.1) is 6.92 Å². The van der Waals surface area contributed by atoms with Gasteiger partial charge in [-0.05, 0) is 29.2 Å². The average molecular weight is 174 g/mol. The molecule has 0 bridgehead atoms. The van der Waals surface area contributed by atoms with Gasteiger partial charge in [0.1, 0.15) is 0 Å². The van der Waals surface area contributed by atoms with Crippen molar-refractivity contribution in [3.8, 4) is 0 Å². The fraction of sp³-hybridized carbons (Fsp3) is 0.0909. The van der Waals surface area contributed by atoms with Crippen LogP contribution >= 0.6 is 11.3 Å². The molecule has 0 spiro atoms. The summed E-state index contributed by atoms with van der Waals surface area (Å²) in [5.41, 5.74) is 1.30. The van der Waals surface area contributed by atoms with Crippen molar-refractivity contribution in [1.82, 2.24) is 0 Å². The first kappa shape index (κ1) is 7.56. The Hall–Kier alpha value is -1.08. The molecule has 0 saturated carbocycles. The zero-order chi connectivity index (χ0) is 8.72. The molecule has 0 N–H and O–H groups in total. The van der Waals surface area contributed by atoms with Gasteiger partial charge in [0.2, 0.25) is 0 Å². The molecule has 12 heavy (non-hydrogen) atoms. The van der Waals surface area contributed by atoms with Crippen molar-refractivity contribution in [2.24, 2.45) is 0 Å². The summed E-state index contributed by atoms with van der Waals surface area (Å²) in [5, 5.41) is 2.32. The van der Waals surface area contributed by atoms with Crippen LogP contribution in [0.3, 0.4) is 0 Å². The lowest BCUT2D eigenvalue weighted by atomic mass is 10.2. The van der Waals surface area contributed by atoms with Crippen LogP contribution in [0.25, 0.3) is 23.2 Å². The number of fused-ring (bicyclic) bond motifs is 1. The second kappa shape index (κ2) is 2.46. The van der Waals surface area contributed by atoms with Crippen molar-refractivity contribution in [3.63, 3.8) is 0 Å². The van der Waals surface area contributed by atoms with Gasteiger partial charge in [0.25, 0.3) is 0 Å². The van der Waals surface area contributed by atoms with E-state index in [2.05, 4.69) is 38.3 Å². The predicted octanol–water partition coefficient (Wildman–Crippen LogP) is 2.03. The first-order valence-corrected chi connectivity index (χ1v) is 4.67. The first-order chi connectivity index (χ1) is 5.68. The normalized spacial score (nSPS) is 10.8. The van der Waals surface area contributed by atoms with E-state index in [1.54, 1.807) is 11.3 Å². The molecule has 0 saturated heterocycles. The average Bonchev–Trinajstić information content (AvgIpc) is 2.28. The van der Waals surface area contributed by atoms with Crippen molar-refractivity contribution in [2.45, 2.75) is 6.92 Å². The fourth-order valence-corrected chi connectivity index (χ4v) is 2.35. The SMILES string of the molecule is C=c1sc2cc(C)ccc2c1=C. The molecule has 0 nitrogen and oxygen atoms in total. The molecule has 0 aliphatic heterocycles. The molecule has 1 aromatic heterocycles. The number of hydrogen-bond donors (Lipinski definition) is 0. The van der Waals surface area contributed by atoms with Crippen LogP contribution in [0.1, 0.15) is 5.56 Å². The molecule has 1 heterocycles. The summed E-state index contributed by atoms with van der Waals surface area (Å²) in [4.78, 5) is 0. The summed E-state index contributed by atoms with van der Waals surface area (Å²) in [7, 11) is 0. The van der Waals surface area contributed by atoms with Gasteiger partial charge in [-0.25, -0.2) is 0 Å². The van der Waals surface area contributed by atoms with Gasteiger partial charge in [-0.2, -0.15) is 0 Å². The number of rotatable bonds is 0. The zero-order valence-corrected chi connectivity index (χ0v) is 7.87. The van der Waals surface area contributed by atoms with Crippen LogP contribution in [0.5, 0.6) is 0 Å². The minimum absolute atomic E-state index is 1.08. The summed E-state index contributed by atoms with van der Waals surface area (Å²) in [6.07, 6.45) is 0. The van der Waals surface area contributed by atoms with Gasteiger partial charge in [0, 0.05) is 9.23 Å². The Labute approximate surface area is 75.5 Å². The van der Waals surface area contributed by atoms with Crippen molar-refractivity contribution >= 4 is 34.6 Å². The van der Waals surface area contributed by atoms with Gasteiger partial charge >= 0.3 is 0 Å². The monoisotopic (exact) mass is 174 g/mol. The maximum Gasteiger partial charge on any atom is 0.0357 e. The maximum atomic E-state index is 3.99. The Kier molecular flexibility index (Phi) is 1.55. The fourth-order valence-electron chi connectivity index (χ4n) is 1.31. The Morgan fingerprint density at radius 1 is 1.25 bits per heavy atom. The lowest BCUT2D eigenvalue weighted by Gasteiger charge is -1.90. The standard InChI is InChI=1S/C11H10S/c1-7-4-5-10-8(2)9(3)12-11(10)6-7/h4-6H,2-3H2,1H3. The molecule has 0 aliphatic rings. The van der Waals surface area contributed by atoms with E-state index in [9.17, 15) is 0 Å². The number of hydrogen-bond acceptors (Lipinski definition) is 1. The predicted molar refractivity (Wildman–Crippen MR) is 56.9 cm³/mol. The quantitative estimate of drug-likeness (QED) is 0.573. The van der Waals surface area contributed by atoms with Gasteiger partial charge in [0.05, 0.1) is 0 Å². The number of aryl methyl sites for hydroxylation is 1. The molecular weight excluding hydrogens is 164 g/mol. The zero-order valence-electron chi connectivity index (χ0n) is 7.05.